The minimum Gasteiger partial charge on any atom is -0.467 e. The Kier molecular flexibility index (Phi) is 6.02. The lowest BCUT2D eigenvalue weighted by Crippen LogP contribution is -2.72. The first kappa shape index (κ1) is 27.6. The van der Waals surface area contributed by atoms with Crippen LogP contribution in [0.2, 0.25) is 0 Å². The Morgan fingerprint density at radius 1 is 0.738 bits per heavy atom. The number of carbonyl (C=O) groups is 4. The molecule has 12 atom stereocenters. The highest BCUT2D eigenvalue weighted by atomic mass is 35.5. The molecule has 2 saturated heterocycles. The standard InChI is InChI=1S/C26H24Cl2N2O12/c1-35-21(31)16-14-19(24(34)38-4)40-20-12-8(27)5-7(25(14,20)41-29-16)13-11(12)9(28)6-10-26(13)15(18(39-10)23(33)37-3)17(30-42-26)22(32)36-2/h5-7,10-15,18-20H,1-4H3/t7-,10+,11-,12+,13+,14-,15-,18-,19-,20+,25-,26-/m0/s1. The first-order valence-corrected chi connectivity index (χ1v) is 13.8. The molecule has 2 spiro atoms. The molecule has 16 heteroatoms. The van der Waals surface area contributed by atoms with Crippen LogP contribution in [-0.4, -0.2) is 99.4 Å². The third-order valence-corrected chi connectivity index (χ3v) is 10.5. The second-order valence-corrected chi connectivity index (χ2v) is 11.9. The largest absolute Gasteiger partial charge is 0.467 e. The van der Waals surface area contributed by atoms with Gasteiger partial charge in [0, 0.05) is 33.7 Å². The quantitative estimate of drug-likeness (QED) is 0.312. The lowest BCUT2D eigenvalue weighted by Gasteiger charge is -2.61. The van der Waals surface area contributed by atoms with Gasteiger partial charge in [0.05, 0.1) is 40.3 Å². The molecule has 8 aliphatic rings. The van der Waals surface area contributed by atoms with Crippen molar-refractivity contribution in [3.8, 4) is 0 Å². The van der Waals surface area contributed by atoms with Gasteiger partial charge in [-0.05, 0) is 6.08 Å². The van der Waals surface area contributed by atoms with E-state index in [1.807, 2.05) is 0 Å². The number of oxime groups is 2. The molecule has 4 aliphatic carbocycles. The summed E-state index contributed by atoms with van der Waals surface area (Å²) in [6.45, 7) is 0. The van der Waals surface area contributed by atoms with Gasteiger partial charge in [-0.15, -0.1) is 0 Å². The van der Waals surface area contributed by atoms with Crippen LogP contribution >= 0.6 is 23.2 Å². The molecule has 0 amide bonds. The molecule has 4 heterocycles. The van der Waals surface area contributed by atoms with Crippen LogP contribution < -0.4 is 0 Å². The summed E-state index contributed by atoms with van der Waals surface area (Å²) in [5.41, 5.74) is -3.32. The number of hydrogen-bond donors (Lipinski definition) is 0. The van der Waals surface area contributed by atoms with Gasteiger partial charge in [-0.2, -0.15) is 0 Å². The van der Waals surface area contributed by atoms with Gasteiger partial charge in [-0.3, -0.25) is 0 Å². The summed E-state index contributed by atoms with van der Waals surface area (Å²) < 4.78 is 32.5. The van der Waals surface area contributed by atoms with Crippen LogP contribution in [0.5, 0.6) is 0 Å². The molecule has 42 heavy (non-hydrogen) atoms. The number of nitrogens with zero attached hydrogens (tertiary/aromatic N) is 2. The molecule has 0 aromatic carbocycles. The molecule has 2 bridgehead atoms. The highest BCUT2D eigenvalue weighted by Crippen LogP contribution is 2.71. The molecule has 0 unspecified atom stereocenters. The van der Waals surface area contributed by atoms with Crippen molar-refractivity contribution in [3.63, 3.8) is 0 Å². The third kappa shape index (κ3) is 3.03. The van der Waals surface area contributed by atoms with Gasteiger partial charge in [-0.1, -0.05) is 39.6 Å². The Balaban J connectivity index is 1.43. The van der Waals surface area contributed by atoms with Crippen LogP contribution in [0.25, 0.3) is 0 Å². The number of allylic oxidation sites excluding steroid dienone is 1. The topological polar surface area (TPSA) is 167 Å². The molecule has 3 fully saturated rings. The monoisotopic (exact) mass is 626 g/mol. The SMILES string of the molecule is COC(=O)C1=NO[C@]23[C@H]4[C@@H](C(Cl)=C[C@H]2O[C@H](C(=O)OC)[C@H]13)[C@H]1C(Cl)=C[C@@H]4[C@]23ON=C(C(=O)OC)[C@H]2[C@@H](C(=O)OC)O[C@H]13. The molecule has 4 aliphatic heterocycles. The van der Waals surface area contributed by atoms with Crippen LogP contribution in [0.3, 0.4) is 0 Å². The second-order valence-electron chi connectivity index (χ2n) is 11.0. The van der Waals surface area contributed by atoms with E-state index in [9.17, 15) is 19.2 Å². The highest BCUT2D eigenvalue weighted by molar-refractivity contribution is 6.39. The fraction of sp³-hybridized carbons (Fsp3) is 0.615. The maximum atomic E-state index is 13.1. The van der Waals surface area contributed by atoms with Crippen molar-refractivity contribution in [2.75, 3.05) is 28.4 Å². The summed E-state index contributed by atoms with van der Waals surface area (Å²) in [6, 6.07) is 0. The minimum absolute atomic E-state index is 0.166. The molecule has 0 aromatic rings. The van der Waals surface area contributed by atoms with Crippen molar-refractivity contribution in [1.82, 2.24) is 0 Å². The fourth-order valence-electron chi connectivity index (χ4n) is 8.33. The Labute approximate surface area is 247 Å². The number of rotatable bonds is 4. The smallest absolute Gasteiger partial charge is 0.356 e. The van der Waals surface area contributed by atoms with Crippen LogP contribution in [-0.2, 0) is 57.3 Å². The highest BCUT2D eigenvalue weighted by Gasteiger charge is 2.84. The molecule has 224 valence electrons. The van der Waals surface area contributed by atoms with E-state index in [1.54, 1.807) is 12.2 Å². The summed E-state index contributed by atoms with van der Waals surface area (Å²) in [6.07, 6.45) is -1.18. The van der Waals surface area contributed by atoms with Crippen molar-refractivity contribution in [3.05, 3.63) is 22.2 Å². The van der Waals surface area contributed by atoms with E-state index in [2.05, 4.69) is 10.3 Å². The molecule has 1 saturated carbocycles. The first-order chi connectivity index (χ1) is 20.1. The molecule has 14 nitrogen and oxygen atoms in total. The normalized spacial score (nSPS) is 44.8. The van der Waals surface area contributed by atoms with Crippen LogP contribution in [0.1, 0.15) is 0 Å². The van der Waals surface area contributed by atoms with E-state index in [1.165, 1.54) is 28.4 Å². The van der Waals surface area contributed by atoms with E-state index >= 15 is 0 Å². The first-order valence-electron chi connectivity index (χ1n) is 13.0. The maximum absolute atomic E-state index is 13.1. The van der Waals surface area contributed by atoms with E-state index in [-0.39, 0.29) is 11.4 Å². The van der Waals surface area contributed by atoms with Crippen molar-refractivity contribution < 1.29 is 57.3 Å². The zero-order valence-corrected chi connectivity index (χ0v) is 24.0. The molecule has 8 rings (SSSR count). The number of methoxy groups -OCH3 is 4. The average molecular weight is 627 g/mol. The van der Waals surface area contributed by atoms with Crippen molar-refractivity contribution in [2.45, 2.75) is 35.6 Å². The van der Waals surface area contributed by atoms with Gasteiger partial charge in [0.2, 0.25) is 0 Å². The fourth-order valence-corrected chi connectivity index (χ4v) is 9.10. The third-order valence-electron chi connectivity index (χ3n) is 9.72. The van der Waals surface area contributed by atoms with E-state index in [0.717, 1.165) is 0 Å². The second kappa shape index (κ2) is 9.15. The molecule has 0 aromatic heterocycles. The van der Waals surface area contributed by atoms with Crippen LogP contribution in [0.15, 0.2) is 32.5 Å². The maximum Gasteiger partial charge on any atom is 0.356 e. The van der Waals surface area contributed by atoms with Crippen LogP contribution in [0.4, 0.5) is 0 Å². The van der Waals surface area contributed by atoms with Crippen molar-refractivity contribution in [2.24, 2.45) is 45.8 Å². The number of halogens is 2. The zero-order valence-electron chi connectivity index (χ0n) is 22.5. The summed E-state index contributed by atoms with van der Waals surface area (Å²) >= 11 is 13.8. The summed E-state index contributed by atoms with van der Waals surface area (Å²) in [4.78, 5) is 64.2. The minimum atomic E-state index is -1.51. The Bertz CT molecular complexity index is 1440. The van der Waals surface area contributed by atoms with Crippen molar-refractivity contribution >= 4 is 58.5 Å². The Morgan fingerprint density at radius 2 is 1.26 bits per heavy atom. The van der Waals surface area contributed by atoms with Gasteiger partial charge in [0.15, 0.2) is 34.8 Å². The number of carbonyl (C=O) groups excluding carboxylic acids is 4. The van der Waals surface area contributed by atoms with Gasteiger partial charge >= 0.3 is 23.9 Å². The lowest BCUT2D eigenvalue weighted by atomic mass is 9.45. The zero-order chi connectivity index (χ0) is 29.9. The molecular weight excluding hydrogens is 603 g/mol. The predicted molar refractivity (Wildman–Crippen MR) is 137 cm³/mol. The Hall–Kier alpha value is -3.20. The van der Waals surface area contributed by atoms with Gasteiger partial charge in [0.25, 0.3) is 0 Å². The number of ether oxygens (including phenoxy) is 6. The van der Waals surface area contributed by atoms with E-state index in [0.29, 0.717) is 10.1 Å². The van der Waals surface area contributed by atoms with Gasteiger partial charge in [-0.25, -0.2) is 19.2 Å². The molecule has 0 radical (unpaired) electrons. The summed E-state index contributed by atoms with van der Waals surface area (Å²) in [5, 5.41) is 8.93. The number of esters is 4. The Morgan fingerprint density at radius 3 is 1.83 bits per heavy atom. The predicted octanol–water partition coefficient (Wildman–Crippen LogP) is 0.447. The van der Waals surface area contributed by atoms with Gasteiger partial charge < -0.3 is 38.1 Å². The summed E-state index contributed by atoms with van der Waals surface area (Å²) in [5.74, 6) is -8.24. The average Bonchev–Trinajstić information content (AvgIpc) is 3.73. The van der Waals surface area contributed by atoms with Crippen LogP contribution in [0, 0.1) is 35.5 Å². The van der Waals surface area contributed by atoms with E-state index in [4.69, 9.17) is 61.3 Å². The molecular formula is C26H24Cl2N2O12. The molecule has 0 N–H and O–H groups in total. The van der Waals surface area contributed by atoms with E-state index < -0.39 is 95.0 Å². The van der Waals surface area contributed by atoms with Gasteiger partial charge in [0.1, 0.15) is 12.2 Å². The number of hydrogen-bond acceptors (Lipinski definition) is 14. The summed E-state index contributed by atoms with van der Waals surface area (Å²) in [7, 11) is 4.74. The lowest BCUT2D eigenvalue weighted by molar-refractivity contribution is -0.231. The van der Waals surface area contributed by atoms with Crippen molar-refractivity contribution in [1.29, 1.82) is 0 Å².